The van der Waals surface area contributed by atoms with Crippen LogP contribution in [0.15, 0.2) is 30.6 Å². The lowest BCUT2D eigenvalue weighted by Crippen LogP contribution is -2.27. The van der Waals surface area contributed by atoms with Crippen LogP contribution in [0.1, 0.15) is 37.0 Å². The predicted octanol–water partition coefficient (Wildman–Crippen LogP) is 2.40. The van der Waals surface area contributed by atoms with Crippen molar-refractivity contribution in [2.45, 2.75) is 39.3 Å². The van der Waals surface area contributed by atoms with Crippen molar-refractivity contribution in [2.24, 2.45) is 0 Å². The van der Waals surface area contributed by atoms with Crippen LogP contribution in [0, 0.1) is 0 Å². The Labute approximate surface area is 141 Å². The predicted molar refractivity (Wildman–Crippen MR) is 92.6 cm³/mol. The summed E-state index contributed by atoms with van der Waals surface area (Å²) >= 11 is 0. The van der Waals surface area contributed by atoms with Crippen molar-refractivity contribution in [3.63, 3.8) is 0 Å². The van der Waals surface area contributed by atoms with Crippen LogP contribution in [0.5, 0.6) is 0 Å². The molecule has 24 heavy (non-hydrogen) atoms. The normalized spacial score (nSPS) is 15.6. The van der Waals surface area contributed by atoms with Gasteiger partial charge in [0.2, 0.25) is 0 Å². The first-order valence-corrected chi connectivity index (χ1v) is 8.55. The van der Waals surface area contributed by atoms with E-state index in [-0.39, 0.29) is 0 Å². The Hall–Kier alpha value is -2.34. The van der Waals surface area contributed by atoms with Crippen molar-refractivity contribution in [3.05, 3.63) is 47.8 Å². The third kappa shape index (κ3) is 2.78. The highest BCUT2D eigenvalue weighted by atomic mass is 15.3. The van der Waals surface area contributed by atoms with E-state index in [9.17, 15) is 0 Å². The maximum Gasteiger partial charge on any atom is 0.135 e. The van der Waals surface area contributed by atoms with Gasteiger partial charge in [0.1, 0.15) is 11.6 Å². The number of benzene rings is 1. The van der Waals surface area contributed by atoms with Crippen molar-refractivity contribution < 1.29 is 0 Å². The minimum atomic E-state index is 0.408. The molecule has 0 spiro atoms. The maximum absolute atomic E-state index is 4.52. The van der Waals surface area contributed by atoms with Crippen LogP contribution < -0.4 is 0 Å². The molecule has 2 aromatic heterocycles. The van der Waals surface area contributed by atoms with E-state index in [4.69, 9.17) is 0 Å². The van der Waals surface area contributed by atoms with E-state index in [0.717, 1.165) is 55.3 Å². The molecule has 0 saturated carbocycles. The van der Waals surface area contributed by atoms with Gasteiger partial charge in [-0.15, -0.1) is 10.2 Å². The number of nitrogens with zero attached hydrogens (tertiary/aromatic N) is 6. The van der Waals surface area contributed by atoms with E-state index in [0.29, 0.717) is 5.92 Å². The molecule has 3 heterocycles. The van der Waals surface area contributed by atoms with E-state index < -0.39 is 0 Å². The lowest BCUT2D eigenvalue weighted by atomic mass is 10.1. The molecule has 1 aliphatic heterocycles. The molecule has 6 heteroatoms. The average Bonchev–Trinajstić information content (AvgIpc) is 2.91. The van der Waals surface area contributed by atoms with Gasteiger partial charge in [-0.2, -0.15) is 0 Å². The molecule has 0 unspecified atom stereocenters. The monoisotopic (exact) mass is 322 g/mol. The molecule has 0 radical (unpaired) electrons. The summed E-state index contributed by atoms with van der Waals surface area (Å²) < 4.78 is 2.30. The molecule has 3 aromatic rings. The van der Waals surface area contributed by atoms with E-state index in [2.05, 4.69) is 55.6 Å². The van der Waals surface area contributed by atoms with E-state index in [1.54, 1.807) is 12.4 Å². The van der Waals surface area contributed by atoms with Crippen molar-refractivity contribution in [2.75, 3.05) is 13.1 Å². The van der Waals surface area contributed by atoms with E-state index in [1.807, 2.05) is 6.07 Å². The number of hydrogen-bond donors (Lipinski definition) is 0. The summed E-state index contributed by atoms with van der Waals surface area (Å²) in [7, 11) is 0. The Morgan fingerprint density at radius 1 is 1.04 bits per heavy atom. The molecule has 6 nitrogen and oxygen atoms in total. The quantitative estimate of drug-likeness (QED) is 0.741. The summed E-state index contributed by atoms with van der Waals surface area (Å²) in [5.74, 6) is 2.62. The van der Waals surface area contributed by atoms with Crippen molar-refractivity contribution in [3.8, 4) is 0 Å². The molecular formula is C18H22N6. The molecule has 4 rings (SSSR count). The summed E-state index contributed by atoms with van der Waals surface area (Å²) in [6.45, 7) is 8.19. The maximum atomic E-state index is 4.52. The Morgan fingerprint density at radius 3 is 2.79 bits per heavy atom. The summed E-state index contributed by atoms with van der Waals surface area (Å²) in [6.07, 6.45) is 4.46. The van der Waals surface area contributed by atoms with Gasteiger partial charge in [-0.25, -0.2) is 0 Å². The van der Waals surface area contributed by atoms with Crippen molar-refractivity contribution in [1.29, 1.82) is 0 Å². The van der Waals surface area contributed by atoms with Gasteiger partial charge < -0.3 is 4.57 Å². The van der Waals surface area contributed by atoms with Crippen LogP contribution in [0.25, 0.3) is 11.0 Å². The summed E-state index contributed by atoms with van der Waals surface area (Å²) in [5, 5.41) is 8.76. The molecule has 0 fully saturated rings. The molecule has 1 aliphatic rings. The third-order valence-electron chi connectivity index (χ3n) is 4.64. The fraction of sp³-hybridized carbons (Fsp3) is 0.444. The molecule has 0 aliphatic carbocycles. The molecule has 0 atom stereocenters. The van der Waals surface area contributed by atoms with Gasteiger partial charge in [0, 0.05) is 50.9 Å². The second-order valence-electron chi connectivity index (χ2n) is 6.65. The Balaban J connectivity index is 1.54. The fourth-order valence-electron chi connectivity index (χ4n) is 3.40. The van der Waals surface area contributed by atoms with Crippen molar-refractivity contribution >= 4 is 11.0 Å². The second-order valence-corrected chi connectivity index (χ2v) is 6.65. The smallest absolute Gasteiger partial charge is 0.135 e. The highest BCUT2D eigenvalue weighted by molar-refractivity contribution is 5.77. The zero-order chi connectivity index (χ0) is 16.5. The summed E-state index contributed by atoms with van der Waals surface area (Å²) in [4.78, 5) is 11.4. The SMILES string of the molecule is CC(C)c1nnc2n1CCN(Cc1cccc3nccnc13)CC2. The minimum absolute atomic E-state index is 0.408. The first-order valence-electron chi connectivity index (χ1n) is 8.55. The topological polar surface area (TPSA) is 59.7 Å². The molecule has 124 valence electrons. The van der Waals surface area contributed by atoms with Gasteiger partial charge >= 0.3 is 0 Å². The number of para-hydroxylation sites is 1. The molecule has 0 bridgehead atoms. The van der Waals surface area contributed by atoms with Gasteiger partial charge in [0.05, 0.1) is 11.0 Å². The summed E-state index contributed by atoms with van der Waals surface area (Å²) in [5.41, 5.74) is 3.21. The van der Waals surface area contributed by atoms with Crippen LogP contribution in [0.3, 0.4) is 0 Å². The molecule has 0 amide bonds. The first-order chi connectivity index (χ1) is 11.7. The lowest BCUT2D eigenvalue weighted by molar-refractivity contribution is 0.271. The van der Waals surface area contributed by atoms with Crippen LogP contribution in [0.2, 0.25) is 0 Å². The Bertz CT molecular complexity index is 848. The van der Waals surface area contributed by atoms with Gasteiger partial charge in [0.15, 0.2) is 0 Å². The van der Waals surface area contributed by atoms with Crippen molar-refractivity contribution in [1.82, 2.24) is 29.6 Å². The standard InChI is InChI=1S/C18H22N6/c1-13(2)18-22-21-16-6-9-23(10-11-24(16)18)12-14-4-3-5-15-17(14)20-8-7-19-15/h3-5,7-8,13H,6,9-12H2,1-2H3. The molecule has 1 aromatic carbocycles. The highest BCUT2D eigenvalue weighted by Crippen LogP contribution is 2.19. The fourth-order valence-corrected chi connectivity index (χ4v) is 3.40. The third-order valence-corrected chi connectivity index (χ3v) is 4.64. The minimum Gasteiger partial charge on any atom is -0.313 e. The number of hydrogen-bond acceptors (Lipinski definition) is 5. The number of aromatic nitrogens is 5. The second kappa shape index (κ2) is 6.28. The Morgan fingerprint density at radius 2 is 1.92 bits per heavy atom. The first kappa shape index (κ1) is 15.2. The zero-order valence-corrected chi connectivity index (χ0v) is 14.2. The summed E-state index contributed by atoms with van der Waals surface area (Å²) in [6, 6.07) is 6.24. The average molecular weight is 322 g/mol. The molecule has 0 saturated heterocycles. The van der Waals surface area contributed by atoms with Gasteiger partial charge in [-0.05, 0) is 11.6 Å². The lowest BCUT2D eigenvalue weighted by Gasteiger charge is -2.20. The van der Waals surface area contributed by atoms with Crippen LogP contribution in [-0.2, 0) is 19.5 Å². The number of rotatable bonds is 3. The van der Waals surface area contributed by atoms with Crippen LogP contribution >= 0.6 is 0 Å². The number of fused-ring (bicyclic) bond motifs is 2. The highest BCUT2D eigenvalue weighted by Gasteiger charge is 2.20. The molecule has 0 N–H and O–H groups in total. The van der Waals surface area contributed by atoms with Gasteiger partial charge in [-0.1, -0.05) is 26.0 Å². The molecular weight excluding hydrogens is 300 g/mol. The Kier molecular flexibility index (Phi) is 3.98. The van der Waals surface area contributed by atoms with E-state index >= 15 is 0 Å². The largest absolute Gasteiger partial charge is 0.313 e. The zero-order valence-electron chi connectivity index (χ0n) is 14.2. The van der Waals surface area contributed by atoms with E-state index in [1.165, 1.54) is 5.56 Å². The van der Waals surface area contributed by atoms with Crippen LogP contribution in [0.4, 0.5) is 0 Å². The van der Waals surface area contributed by atoms with Gasteiger partial charge in [-0.3, -0.25) is 14.9 Å². The van der Waals surface area contributed by atoms with Gasteiger partial charge in [0.25, 0.3) is 0 Å². The van der Waals surface area contributed by atoms with Crippen LogP contribution in [-0.4, -0.2) is 42.7 Å².